The highest BCUT2D eigenvalue weighted by molar-refractivity contribution is 6.24. The number of rotatable bonds is 8. The second kappa shape index (κ2) is 17.4. The van der Waals surface area contributed by atoms with Gasteiger partial charge in [-0.1, -0.05) is 187 Å². The Morgan fingerprint density at radius 3 is 1.24 bits per heavy atom. The molecule has 0 fully saturated rings. The van der Waals surface area contributed by atoms with E-state index in [-0.39, 0.29) is 10.8 Å². The topological polar surface area (TPSA) is 32.8 Å². The number of hydrogen-bond acceptors (Lipinski definition) is 4. The minimum absolute atomic E-state index is 0.0960. The Hall–Kier alpha value is -8.86. The third kappa shape index (κ3) is 7.68. The van der Waals surface area contributed by atoms with Crippen molar-refractivity contribution in [3.63, 3.8) is 0 Å². The molecule has 13 aromatic rings. The van der Waals surface area contributed by atoms with Gasteiger partial charge in [0.05, 0.1) is 16.8 Å². The molecule has 74 heavy (non-hydrogen) atoms. The largest absolute Gasteiger partial charge is 0.456 e. The predicted molar refractivity (Wildman–Crippen MR) is 314 cm³/mol. The number of benzene rings is 11. The molecule has 0 radical (unpaired) electrons. The zero-order chi connectivity index (χ0) is 50.3. The van der Waals surface area contributed by atoms with Crippen molar-refractivity contribution in [3.05, 3.63) is 242 Å². The van der Waals surface area contributed by atoms with E-state index in [9.17, 15) is 0 Å². The highest BCUT2D eigenvalue weighted by atomic mass is 16.3. The maximum Gasteiger partial charge on any atom is 0.147 e. The summed E-state index contributed by atoms with van der Waals surface area (Å²) in [7, 11) is 0. The van der Waals surface area contributed by atoms with Gasteiger partial charge in [0.15, 0.2) is 0 Å². The summed E-state index contributed by atoms with van der Waals surface area (Å²) in [5.74, 6) is 0. The Morgan fingerprint density at radius 1 is 0.311 bits per heavy atom. The molecule has 2 aromatic heterocycles. The summed E-state index contributed by atoms with van der Waals surface area (Å²) >= 11 is 0. The van der Waals surface area contributed by atoms with Crippen LogP contribution in [0.5, 0.6) is 0 Å². The molecule has 0 unspecified atom stereocenters. The summed E-state index contributed by atoms with van der Waals surface area (Å²) in [5, 5.41) is 8.65. The summed E-state index contributed by atoms with van der Waals surface area (Å²) in [4.78, 5) is 4.87. The normalized spacial score (nSPS) is 12.2. The number of para-hydroxylation sites is 4. The average Bonchev–Trinajstić information content (AvgIpc) is 3.97. The average molecular weight is 957 g/mol. The monoisotopic (exact) mass is 956 g/mol. The van der Waals surface area contributed by atoms with Gasteiger partial charge in [-0.25, -0.2) is 0 Å². The van der Waals surface area contributed by atoms with E-state index in [0.717, 1.165) is 99.5 Å². The van der Waals surface area contributed by atoms with Crippen LogP contribution in [0.25, 0.3) is 87.7 Å². The Labute approximate surface area is 432 Å². The van der Waals surface area contributed by atoms with E-state index in [2.05, 4.69) is 282 Å². The van der Waals surface area contributed by atoms with Crippen LogP contribution in [-0.2, 0) is 10.8 Å². The van der Waals surface area contributed by atoms with Crippen LogP contribution in [0.4, 0.5) is 34.1 Å². The first-order chi connectivity index (χ1) is 36.0. The highest BCUT2D eigenvalue weighted by Gasteiger charge is 2.28. The highest BCUT2D eigenvalue weighted by Crippen LogP contribution is 2.49. The lowest BCUT2D eigenvalue weighted by atomic mass is 9.85. The van der Waals surface area contributed by atoms with Crippen LogP contribution in [0.15, 0.2) is 239 Å². The van der Waals surface area contributed by atoms with Crippen molar-refractivity contribution in [1.82, 2.24) is 0 Å². The molecule has 2 heterocycles. The van der Waals surface area contributed by atoms with Crippen LogP contribution < -0.4 is 9.80 Å². The second-order valence-corrected chi connectivity index (χ2v) is 21.8. The molecule has 11 aromatic carbocycles. The van der Waals surface area contributed by atoms with Crippen molar-refractivity contribution in [2.75, 3.05) is 9.80 Å². The number of hydrogen-bond donors (Lipinski definition) is 0. The molecule has 0 N–H and O–H groups in total. The van der Waals surface area contributed by atoms with E-state index < -0.39 is 0 Å². The molecule has 0 aliphatic heterocycles. The van der Waals surface area contributed by atoms with Crippen LogP contribution in [0.1, 0.15) is 52.7 Å². The Bertz CT molecular complexity index is 4280. The Morgan fingerprint density at radius 2 is 0.743 bits per heavy atom. The molecule has 0 bridgehead atoms. The van der Waals surface area contributed by atoms with Gasteiger partial charge in [-0.05, 0) is 140 Å². The second-order valence-electron chi connectivity index (χ2n) is 21.8. The van der Waals surface area contributed by atoms with Gasteiger partial charge in [0.1, 0.15) is 22.3 Å². The van der Waals surface area contributed by atoms with Gasteiger partial charge in [0.2, 0.25) is 0 Å². The lowest BCUT2D eigenvalue weighted by Gasteiger charge is -2.33. The van der Waals surface area contributed by atoms with Crippen molar-refractivity contribution in [2.45, 2.75) is 52.4 Å². The van der Waals surface area contributed by atoms with Crippen molar-refractivity contribution in [1.29, 1.82) is 0 Å². The Balaban J connectivity index is 0.949. The van der Waals surface area contributed by atoms with E-state index in [4.69, 9.17) is 8.83 Å². The molecule has 358 valence electrons. The molecule has 0 saturated carbocycles. The number of anilines is 6. The lowest BCUT2D eigenvalue weighted by Crippen LogP contribution is -2.19. The maximum atomic E-state index is 7.02. The number of fused-ring (bicyclic) bond motifs is 9. The molecule has 4 heteroatoms. The summed E-state index contributed by atoms with van der Waals surface area (Å²) in [5.41, 5.74) is 17.0. The molecule has 0 aliphatic rings. The first kappa shape index (κ1) is 45.0. The molecule has 0 spiro atoms. The molecular weight excluding hydrogens is 901 g/mol. The van der Waals surface area contributed by atoms with Gasteiger partial charge in [-0.2, -0.15) is 0 Å². The molecule has 0 saturated heterocycles. The SMILES string of the molecule is CC(C)(C)c1ccccc1N(c1ccc2cc3c(cc2c1)oc1c3ccc2oc3cc4cc(N(c5ccccc5-c5ccccc5)c5ccccc5C(C)(C)C)ccc4cc3c21)c1ccccc1-c1ccccc1. The number of nitrogens with zero attached hydrogens (tertiary/aromatic N) is 2. The number of furan rings is 2. The zero-order valence-corrected chi connectivity index (χ0v) is 42.7. The van der Waals surface area contributed by atoms with E-state index in [0.29, 0.717) is 0 Å². The quantitative estimate of drug-likeness (QED) is 0.152. The fraction of sp³-hybridized carbons (Fsp3) is 0.114. The smallest absolute Gasteiger partial charge is 0.147 e. The van der Waals surface area contributed by atoms with Crippen molar-refractivity contribution in [2.24, 2.45) is 0 Å². The van der Waals surface area contributed by atoms with E-state index >= 15 is 0 Å². The minimum Gasteiger partial charge on any atom is -0.456 e. The summed E-state index contributed by atoms with van der Waals surface area (Å²) in [6, 6.07) is 83.4. The van der Waals surface area contributed by atoms with Gasteiger partial charge in [-0.15, -0.1) is 0 Å². The van der Waals surface area contributed by atoms with Crippen LogP contribution in [0.3, 0.4) is 0 Å². The molecular formula is C70H56N2O2. The van der Waals surface area contributed by atoms with Gasteiger partial charge in [-0.3, -0.25) is 0 Å². The first-order valence-corrected chi connectivity index (χ1v) is 25.7. The van der Waals surface area contributed by atoms with E-state index in [1.807, 2.05) is 0 Å². The van der Waals surface area contributed by atoms with Crippen LogP contribution in [0, 0.1) is 0 Å². The van der Waals surface area contributed by atoms with Gasteiger partial charge >= 0.3 is 0 Å². The van der Waals surface area contributed by atoms with E-state index in [1.165, 1.54) is 33.4 Å². The molecule has 13 rings (SSSR count). The summed E-state index contributed by atoms with van der Waals surface area (Å²) in [6.45, 7) is 13.7. The third-order valence-corrected chi connectivity index (χ3v) is 14.8. The standard InChI is InChI=1S/C70H56N2O2/c1-69(2,3)58-27-15-19-31-62(58)71(60-29-17-13-25-53(60)45-21-9-7-10-22-45)51-35-33-47-41-56-55-37-38-64-67(68(55)74-65(56)43-49(47)39-51)57-42-48-34-36-52(40-50(48)44-66(57)73-64)72(63-32-20-16-28-59(63)70(4,5)6)61-30-18-14-26-54(61)46-23-11-8-12-24-46/h7-44H,1-6H3. The maximum absolute atomic E-state index is 7.02. The van der Waals surface area contributed by atoms with Crippen LogP contribution in [0.2, 0.25) is 0 Å². The van der Waals surface area contributed by atoms with Crippen molar-refractivity contribution < 1.29 is 8.83 Å². The van der Waals surface area contributed by atoms with Crippen LogP contribution >= 0.6 is 0 Å². The molecule has 0 amide bonds. The summed E-state index contributed by atoms with van der Waals surface area (Å²) in [6.07, 6.45) is 0. The summed E-state index contributed by atoms with van der Waals surface area (Å²) < 4.78 is 13.8. The van der Waals surface area contributed by atoms with Gasteiger partial charge in [0, 0.05) is 50.0 Å². The molecule has 0 aliphatic carbocycles. The van der Waals surface area contributed by atoms with Crippen molar-refractivity contribution >= 4 is 99.5 Å². The molecule has 4 nitrogen and oxygen atoms in total. The predicted octanol–water partition coefficient (Wildman–Crippen LogP) is 20.7. The Kier molecular flexibility index (Phi) is 10.6. The molecule has 0 atom stereocenters. The fourth-order valence-electron chi connectivity index (χ4n) is 11.3. The fourth-order valence-corrected chi connectivity index (χ4v) is 11.3. The lowest BCUT2D eigenvalue weighted by molar-refractivity contribution is 0.590. The van der Waals surface area contributed by atoms with Gasteiger partial charge in [0.25, 0.3) is 0 Å². The zero-order valence-electron chi connectivity index (χ0n) is 42.7. The minimum atomic E-state index is -0.0961. The van der Waals surface area contributed by atoms with E-state index in [1.54, 1.807) is 0 Å². The third-order valence-electron chi connectivity index (χ3n) is 14.8. The van der Waals surface area contributed by atoms with Gasteiger partial charge < -0.3 is 18.6 Å². The first-order valence-electron chi connectivity index (χ1n) is 25.7. The van der Waals surface area contributed by atoms with Crippen molar-refractivity contribution in [3.8, 4) is 22.3 Å². The van der Waals surface area contributed by atoms with Crippen LogP contribution in [-0.4, -0.2) is 0 Å².